The van der Waals surface area contributed by atoms with Crippen LogP contribution in [0.5, 0.6) is 0 Å². The fourth-order valence-corrected chi connectivity index (χ4v) is 4.78. The molecule has 0 spiro atoms. The fourth-order valence-electron chi connectivity index (χ4n) is 4.78. The molecule has 0 aliphatic carbocycles. The highest BCUT2D eigenvalue weighted by molar-refractivity contribution is 6.38. The molecule has 5 aromatic carbocycles. The van der Waals surface area contributed by atoms with Crippen molar-refractivity contribution in [3.8, 4) is 12.1 Å². The summed E-state index contributed by atoms with van der Waals surface area (Å²) in [5.41, 5.74) is 1.42. The van der Waals surface area contributed by atoms with Gasteiger partial charge in [-0.2, -0.15) is 10.5 Å². The van der Waals surface area contributed by atoms with E-state index in [4.69, 9.17) is 13.1 Å². The Morgan fingerprint density at radius 3 is 1.59 bits per heavy atom. The van der Waals surface area contributed by atoms with Crippen molar-refractivity contribution in [3.63, 3.8) is 0 Å². The van der Waals surface area contributed by atoms with Crippen molar-refractivity contribution in [1.82, 2.24) is 9.97 Å². The second-order valence-corrected chi connectivity index (χ2v) is 7.80. The van der Waals surface area contributed by atoms with Crippen LogP contribution in [0.3, 0.4) is 0 Å². The Morgan fingerprint density at radius 2 is 1.06 bits per heavy atom. The molecule has 6 heteroatoms. The van der Waals surface area contributed by atoms with Gasteiger partial charge in [-0.15, -0.1) is 9.97 Å². The lowest BCUT2D eigenvalue weighted by Crippen LogP contribution is -1.94. The molecule has 0 aliphatic heterocycles. The summed E-state index contributed by atoms with van der Waals surface area (Å²) in [5, 5.41) is 26.4. The van der Waals surface area contributed by atoms with Gasteiger partial charge in [0.05, 0.1) is 11.1 Å². The first-order valence-electron chi connectivity index (χ1n) is 10.3. The molecule has 0 bridgehead atoms. The van der Waals surface area contributed by atoms with E-state index in [1.54, 1.807) is 12.1 Å². The third kappa shape index (κ3) is 2.40. The van der Waals surface area contributed by atoms with Gasteiger partial charge in [-0.3, -0.25) is 0 Å². The van der Waals surface area contributed by atoms with E-state index in [0.29, 0.717) is 16.4 Å². The molecule has 0 saturated carbocycles. The molecule has 0 unspecified atom stereocenters. The number of fused-ring (bicyclic) bond motifs is 11. The highest BCUT2D eigenvalue weighted by Gasteiger charge is 2.24. The number of rotatable bonds is 0. The molecular weight excluding hydrogens is 420 g/mol. The zero-order valence-corrected chi connectivity index (χ0v) is 17.5. The minimum Gasteiger partial charge on any atom is -0.370 e. The standard InChI is InChI=1S/C28H10N6/c1-31-27-28(32-2)34-26-24-20-10-6-4-8-18(20)17-7-3-5-9-19(17)23(24)21-11-15(13-29)16(14-30)12-22(21)25(26)33-27/h3-12H. The maximum atomic E-state index is 9.73. The van der Waals surface area contributed by atoms with Crippen molar-refractivity contribution >= 4 is 65.8 Å². The van der Waals surface area contributed by atoms with Crippen LogP contribution in [-0.4, -0.2) is 9.97 Å². The average molecular weight is 430 g/mol. The highest BCUT2D eigenvalue weighted by Crippen LogP contribution is 2.44. The summed E-state index contributed by atoms with van der Waals surface area (Å²) in [4.78, 5) is 16.0. The second-order valence-electron chi connectivity index (χ2n) is 7.80. The van der Waals surface area contributed by atoms with Gasteiger partial charge in [0.1, 0.15) is 12.1 Å². The Hall–Kier alpha value is -5.56. The molecule has 1 heterocycles. The van der Waals surface area contributed by atoms with Crippen LogP contribution >= 0.6 is 0 Å². The Kier molecular flexibility index (Phi) is 3.93. The summed E-state index contributed by atoms with van der Waals surface area (Å²) >= 11 is 0. The summed E-state index contributed by atoms with van der Waals surface area (Å²) < 4.78 is 0. The summed E-state index contributed by atoms with van der Waals surface area (Å²) in [6.45, 7) is 15.0. The molecule has 0 aliphatic rings. The van der Waals surface area contributed by atoms with E-state index in [1.807, 2.05) is 42.5 Å². The van der Waals surface area contributed by atoms with Crippen molar-refractivity contribution in [2.24, 2.45) is 0 Å². The zero-order chi connectivity index (χ0) is 23.4. The van der Waals surface area contributed by atoms with E-state index in [9.17, 15) is 10.5 Å². The Labute approximate surface area is 193 Å². The first-order valence-corrected chi connectivity index (χ1v) is 10.3. The van der Waals surface area contributed by atoms with Crippen LogP contribution in [0.1, 0.15) is 11.1 Å². The Morgan fingerprint density at radius 1 is 0.588 bits per heavy atom. The number of aromatic nitrogens is 2. The third-order valence-corrected chi connectivity index (χ3v) is 6.16. The van der Waals surface area contributed by atoms with Crippen molar-refractivity contribution in [2.75, 3.05) is 0 Å². The van der Waals surface area contributed by atoms with E-state index >= 15 is 0 Å². The van der Waals surface area contributed by atoms with Crippen molar-refractivity contribution in [3.05, 3.63) is 94.6 Å². The number of nitrogens with zero attached hydrogens (tertiary/aromatic N) is 6. The maximum absolute atomic E-state index is 9.73. The number of nitriles is 2. The van der Waals surface area contributed by atoms with Gasteiger partial charge in [-0.05, 0) is 39.1 Å². The van der Waals surface area contributed by atoms with E-state index in [1.165, 1.54) is 0 Å². The normalized spacial score (nSPS) is 10.8. The lowest BCUT2D eigenvalue weighted by atomic mass is 9.88. The van der Waals surface area contributed by atoms with Gasteiger partial charge >= 0.3 is 0 Å². The molecule has 6 nitrogen and oxygen atoms in total. The fraction of sp³-hybridized carbons (Fsp3) is 0. The van der Waals surface area contributed by atoms with Gasteiger partial charge in [0, 0.05) is 16.2 Å². The maximum Gasteiger partial charge on any atom is 0.294 e. The molecule has 1 aromatic heterocycles. The van der Waals surface area contributed by atoms with E-state index < -0.39 is 0 Å². The largest absolute Gasteiger partial charge is 0.370 e. The Balaban J connectivity index is 2.09. The molecule has 0 fully saturated rings. The van der Waals surface area contributed by atoms with E-state index in [0.717, 1.165) is 37.7 Å². The summed E-state index contributed by atoms with van der Waals surface area (Å²) in [5.74, 6) is -0.148. The SMILES string of the molecule is [C-]#[N+]c1nc2c3cc(C#N)c(C#N)cc3c3c4ccccc4c4ccccc4c3c2nc1[N+]#[C-]. The molecule has 0 amide bonds. The molecular formula is C28H10N6. The second kappa shape index (κ2) is 6.98. The first kappa shape index (κ1) is 19.1. The quantitative estimate of drug-likeness (QED) is 0.190. The van der Waals surface area contributed by atoms with Crippen molar-refractivity contribution < 1.29 is 0 Å². The van der Waals surface area contributed by atoms with Crippen LogP contribution in [0.2, 0.25) is 0 Å². The predicted octanol–water partition coefficient (Wildman–Crippen LogP) is 7.09. The highest BCUT2D eigenvalue weighted by atomic mass is 15.0. The smallest absolute Gasteiger partial charge is 0.294 e. The van der Waals surface area contributed by atoms with Gasteiger partial charge in [-0.1, -0.05) is 61.7 Å². The molecule has 6 rings (SSSR count). The summed E-state index contributed by atoms with van der Waals surface area (Å²) in [6, 6.07) is 23.6. The first-order chi connectivity index (χ1) is 16.7. The van der Waals surface area contributed by atoms with Crippen molar-refractivity contribution in [1.29, 1.82) is 10.5 Å². The van der Waals surface area contributed by atoms with Crippen LogP contribution in [-0.2, 0) is 0 Å². The predicted molar refractivity (Wildman–Crippen MR) is 132 cm³/mol. The lowest BCUT2D eigenvalue weighted by Gasteiger charge is -2.14. The minimum atomic E-state index is -0.0869. The van der Waals surface area contributed by atoms with Crippen LogP contribution in [0.25, 0.3) is 63.8 Å². The molecule has 6 aromatic rings. The Bertz CT molecular complexity index is 1910. The number of hydrogen-bond donors (Lipinski definition) is 0. The van der Waals surface area contributed by atoms with Crippen LogP contribution in [0, 0.1) is 35.8 Å². The zero-order valence-electron chi connectivity index (χ0n) is 17.5. The molecule has 0 radical (unpaired) electrons. The monoisotopic (exact) mass is 430 g/mol. The van der Waals surface area contributed by atoms with Gasteiger partial charge in [0.2, 0.25) is 11.0 Å². The molecule has 0 N–H and O–H groups in total. The molecule has 34 heavy (non-hydrogen) atoms. The van der Waals surface area contributed by atoms with E-state index in [-0.39, 0.29) is 22.8 Å². The molecule has 0 saturated heterocycles. The van der Waals surface area contributed by atoms with Gasteiger partial charge in [0.25, 0.3) is 11.6 Å². The average Bonchev–Trinajstić information content (AvgIpc) is 2.91. The molecule has 152 valence electrons. The van der Waals surface area contributed by atoms with Crippen LogP contribution < -0.4 is 0 Å². The van der Waals surface area contributed by atoms with Gasteiger partial charge in [-0.25, -0.2) is 0 Å². The number of benzene rings is 5. The van der Waals surface area contributed by atoms with Gasteiger partial charge in [0.15, 0.2) is 0 Å². The third-order valence-electron chi connectivity index (χ3n) is 6.16. The minimum absolute atomic E-state index is 0.0606. The van der Waals surface area contributed by atoms with Crippen LogP contribution in [0.4, 0.5) is 11.6 Å². The van der Waals surface area contributed by atoms with E-state index in [2.05, 4.69) is 37.9 Å². The molecule has 0 atom stereocenters. The summed E-state index contributed by atoms with van der Waals surface area (Å²) in [6.07, 6.45) is 0. The van der Waals surface area contributed by atoms with Gasteiger partial charge < -0.3 is 9.69 Å². The van der Waals surface area contributed by atoms with Crippen LogP contribution in [0.15, 0.2) is 60.7 Å². The summed E-state index contributed by atoms with van der Waals surface area (Å²) in [7, 11) is 0. The lowest BCUT2D eigenvalue weighted by molar-refractivity contribution is 1.35. The number of hydrogen-bond acceptors (Lipinski definition) is 4. The van der Waals surface area contributed by atoms with Crippen molar-refractivity contribution in [2.45, 2.75) is 0 Å². The topological polar surface area (TPSA) is 82.1 Å².